The summed E-state index contributed by atoms with van der Waals surface area (Å²) >= 11 is 1.81. The minimum atomic E-state index is -0.337. The van der Waals surface area contributed by atoms with Gasteiger partial charge in [0, 0.05) is 74.8 Å². The van der Waals surface area contributed by atoms with E-state index in [4.69, 9.17) is 9.40 Å². The zero-order valence-electron chi connectivity index (χ0n) is 31.8. The molecule has 51 heavy (non-hydrogen) atoms. The molecular formula is C45H52IrNO3S-. The molecule has 0 amide bonds. The molecule has 0 saturated heterocycles. The molecule has 3 aromatic carbocycles. The van der Waals surface area contributed by atoms with Crippen molar-refractivity contribution in [1.29, 1.82) is 0 Å². The van der Waals surface area contributed by atoms with E-state index in [-0.39, 0.29) is 47.9 Å². The molecular weight excluding hydrogens is 827 g/mol. The van der Waals surface area contributed by atoms with Gasteiger partial charge in [-0.25, -0.2) is 0 Å². The Hall–Kier alpha value is -3.57. The van der Waals surface area contributed by atoms with Gasteiger partial charge in [0.05, 0.1) is 0 Å². The molecule has 0 fully saturated rings. The van der Waals surface area contributed by atoms with E-state index in [9.17, 15) is 9.90 Å². The molecule has 4 nitrogen and oxygen atoms in total. The summed E-state index contributed by atoms with van der Waals surface area (Å²) in [5.74, 6) is 1.16. The first kappa shape index (κ1) is 40.2. The van der Waals surface area contributed by atoms with E-state index < -0.39 is 0 Å². The Morgan fingerprint density at radius 1 is 0.843 bits per heavy atom. The van der Waals surface area contributed by atoms with Crippen LogP contribution in [0.5, 0.6) is 0 Å². The predicted octanol–water partition coefficient (Wildman–Crippen LogP) is 13.6. The number of furan rings is 1. The maximum absolute atomic E-state index is 12.2. The summed E-state index contributed by atoms with van der Waals surface area (Å²) in [7, 11) is 0. The van der Waals surface area contributed by atoms with E-state index in [1.807, 2.05) is 65.1 Å². The number of aliphatic hydroxyl groups is 1. The Bertz CT molecular complexity index is 2170. The fraction of sp³-hybridized carbons (Fsp3) is 0.378. The standard InChI is InChI=1S/C30H24NOS.C15H28O2.Ir/c1-18-14-23-22(10-7-11-28(23)33-18)27-17-24-26(32-27)12-13-31-29(24)20-15-19-8-5-6-9-21(19)25(16-20)30(2,3)4;1-7-14(5,8-2)12(16)11-13(17)15(6,9-3)10-4;/h5-14,16-17H,1-4H3;11,16H,7-10H2,1-6H3;/q-1;;/b;12-11-;. The van der Waals surface area contributed by atoms with Crippen molar-refractivity contribution in [2.24, 2.45) is 10.8 Å². The molecule has 1 N–H and O–H groups in total. The van der Waals surface area contributed by atoms with Crippen LogP contribution < -0.4 is 0 Å². The van der Waals surface area contributed by atoms with Gasteiger partial charge in [-0.1, -0.05) is 104 Å². The zero-order chi connectivity index (χ0) is 36.4. The van der Waals surface area contributed by atoms with Crippen LogP contribution in [-0.2, 0) is 30.3 Å². The molecule has 0 atom stereocenters. The second-order valence-electron chi connectivity index (χ2n) is 15.1. The zero-order valence-corrected chi connectivity index (χ0v) is 35.0. The number of pyridine rings is 1. The number of hydrogen-bond acceptors (Lipinski definition) is 5. The second kappa shape index (κ2) is 16.0. The Labute approximate surface area is 321 Å². The number of aromatic nitrogens is 1. The summed E-state index contributed by atoms with van der Waals surface area (Å²) in [5.41, 5.74) is 4.58. The molecule has 3 heterocycles. The van der Waals surface area contributed by atoms with Crippen molar-refractivity contribution in [3.8, 4) is 22.6 Å². The van der Waals surface area contributed by atoms with Crippen LogP contribution in [0.1, 0.15) is 98.4 Å². The molecule has 6 aromatic rings. The van der Waals surface area contributed by atoms with E-state index in [2.05, 4.69) is 94.4 Å². The minimum absolute atomic E-state index is 0. The fourth-order valence-electron chi connectivity index (χ4n) is 6.37. The van der Waals surface area contributed by atoms with Gasteiger partial charge in [-0.15, -0.1) is 40.5 Å². The Morgan fingerprint density at radius 3 is 2.16 bits per heavy atom. The third-order valence-corrected chi connectivity index (χ3v) is 11.9. The van der Waals surface area contributed by atoms with E-state index in [1.54, 1.807) is 0 Å². The van der Waals surface area contributed by atoms with Gasteiger partial charge in [-0.2, -0.15) is 0 Å². The first-order valence-corrected chi connectivity index (χ1v) is 18.8. The molecule has 0 aliphatic carbocycles. The van der Waals surface area contributed by atoms with Crippen LogP contribution in [0, 0.1) is 23.8 Å². The van der Waals surface area contributed by atoms with Gasteiger partial charge in [-0.05, 0) is 62.3 Å². The van der Waals surface area contributed by atoms with Crippen LogP contribution in [-0.4, -0.2) is 15.9 Å². The smallest absolute Gasteiger partial charge is 0.164 e. The molecule has 0 unspecified atom stereocenters. The summed E-state index contributed by atoms with van der Waals surface area (Å²) in [4.78, 5) is 18.3. The van der Waals surface area contributed by atoms with E-state index in [0.29, 0.717) is 0 Å². The van der Waals surface area contributed by atoms with Crippen LogP contribution in [0.3, 0.4) is 0 Å². The van der Waals surface area contributed by atoms with Crippen molar-refractivity contribution in [2.45, 2.75) is 100 Å². The second-order valence-corrected chi connectivity index (χ2v) is 16.4. The topological polar surface area (TPSA) is 63.3 Å². The van der Waals surface area contributed by atoms with Crippen molar-refractivity contribution >= 4 is 48.9 Å². The normalized spacial score (nSPS) is 12.5. The van der Waals surface area contributed by atoms with Gasteiger partial charge in [0.2, 0.25) is 0 Å². The fourth-order valence-corrected chi connectivity index (χ4v) is 7.32. The largest absolute Gasteiger partial charge is 0.512 e. The molecule has 0 aliphatic heterocycles. The van der Waals surface area contributed by atoms with Gasteiger partial charge in [0.1, 0.15) is 17.1 Å². The first-order valence-electron chi connectivity index (χ1n) is 18.0. The quantitative estimate of drug-likeness (QED) is 0.0893. The number of ketones is 1. The van der Waals surface area contributed by atoms with Gasteiger partial charge < -0.3 is 9.52 Å². The van der Waals surface area contributed by atoms with Crippen molar-refractivity contribution < 1.29 is 34.4 Å². The van der Waals surface area contributed by atoms with Gasteiger partial charge in [-0.3, -0.25) is 9.78 Å². The Morgan fingerprint density at radius 2 is 1.51 bits per heavy atom. The number of rotatable bonds is 9. The molecule has 271 valence electrons. The molecule has 0 spiro atoms. The third kappa shape index (κ3) is 8.25. The maximum atomic E-state index is 12.2. The van der Waals surface area contributed by atoms with Crippen LogP contribution in [0.4, 0.5) is 0 Å². The summed E-state index contributed by atoms with van der Waals surface area (Å²) in [6.07, 6.45) is 6.59. The van der Waals surface area contributed by atoms with Gasteiger partial charge in [0.15, 0.2) is 5.78 Å². The molecule has 0 bridgehead atoms. The van der Waals surface area contributed by atoms with Crippen LogP contribution in [0.25, 0.3) is 54.4 Å². The van der Waals surface area contributed by atoms with E-state index >= 15 is 0 Å². The average Bonchev–Trinajstić information content (AvgIpc) is 3.73. The number of carbonyl (C=O) groups is 1. The summed E-state index contributed by atoms with van der Waals surface area (Å²) in [6.45, 7) is 21.0. The Balaban J connectivity index is 0.000000279. The SMILES string of the molecule is CCC(C)(CC)C(=O)/C=C(\O)C(C)(CC)CC.Cc1cc2c(-c3cc4c(-c5[c-]c6ccccc6c(C(C)(C)C)c5)nccc4o3)cccc2s1.[Ir]. The number of hydrogen-bond donors (Lipinski definition) is 1. The molecule has 0 saturated carbocycles. The molecule has 1 radical (unpaired) electrons. The maximum Gasteiger partial charge on any atom is 0.164 e. The molecule has 3 aromatic heterocycles. The first-order chi connectivity index (χ1) is 23.7. The van der Waals surface area contributed by atoms with Gasteiger partial charge >= 0.3 is 0 Å². The van der Waals surface area contributed by atoms with E-state index in [1.165, 1.54) is 32.0 Å². The predicted molar refractivity (Wildman–Crippen MR) is 213 cm³/mol. The van der Waals surface area contributed by atoms with Crippen LogP contribution in [0.2, 0.25) is 0 Å². The number of thiophene rings is 1. The number of nitrogens with zero attached hydrogens (tertiary/aromatic N) is 1. The number of allylic oxidation sites excluding steroid dienone is 2. The Kier molecular flexibility index (Phi) is 12.6. The third-order valence-electron chi connectivity index (χ3n) is 10.8. The van der Waals surface area contributed by atoms with Crippen LogP contribution >= 0.6 is 11.3 Å². The van der Waals surface area contributed by atoms with Crippen LogP contribution in [0.15, 0.2) is 89.2 Å². The summed E-state index contributed by atoms with van der Waals surface area (Å²) < 4.78 is 7.65. The van der Waals surface area contributed by atoms with E-state index in [0.717, 1.165) is 64.6 Å². The van der Waals surface area contributed by atoms with Crippen molar-refractivity contribution in [3.05, 3.63) is 101 Å². The molecule has 0 aliphatic rings. The number of aryl methyl sites for hydroxylation is 1. The number of benzene rings is 3. The monoisotopic (exact) mass is 879 g/mol. The van der Waals surface area contributed by atoms with Crippen molar-refractivity contribution in [2.75, 3.05) is 0 Å². The molecule has 6 rings (SSSR count). The number of carbonyl (C=O) groups excluding carboxylic acids is 1. The van der Waals surface area contributed by atoms with Crippen molar-refractivity contribution in [3.63, 3.8) is 0 Å². The minimum Gasteiger partial charge on any atom is -0.512 e. The average molecular weight is 879 g/mol. The van der Waals surface area contributed by atoms with Crippen molar-refractivity contribution in [1.82, 2.24) is 4.98 Å². The summed E-state index contributed by atoms with van der Waals surface area (Å²) in [6, 6.07) is 27.1. The van der Waals surface area contributed by atoms with Gasteiger partial charge in [0.25, 0.3) is 0 Å². The summed E-state index contributed by atoms with van der Waals surface area (Å²) in [5, 5.41) is 14.7. The number of fused-ring (bicyclic) bond motifs is 3. The molecule has 6 heteroatoms. The number of aliphatic hydroxyl groups excluding tert-OH is 1.